The van der Waals surface area contributed by atoms with Crippen molar-refractivity contribution >= 4 is 54.5 Å². The van der Waals surface area contributed by atoms with Crippen LogP contribution in [0.1, 0.15) is 0 Å². The molecule has 17 heteroatoms. The van der Waals surface area contributed by atoms with Crippen LogP contribution in [-0.4, -0.2) is 85.5 Å². The predicted octanol–water partition coefficient (Wildman–Crippen LogP) is 0.0532. The summed E-state index contributed by atoms with van der Waals surface area (Å²) in [5.41, 5.74) is 5.64. The third kappa shape index (κ3) is 7.40. The second-order valence-corrected chi connectivity index (χ2v) is 10.1. The van der Waals surface area contributed by atoms with E-state index in [0.29, 0.717) is 25.0 Å². The lowest BCUT2D eigenvalue weighted by Crippen LogP contribution is -2.18. The van der Waals surface area contributed by atoms with E-state index in [2.05, 4.69) is 30.9 Å². The minimum absolute atomic E-state index is 0.0176. The van der Waals surface area contributed by atoms with E-state index >= 15 is 0 Å². The molecule has 0 unspecified atom stereocenters. The quantitative estimate of drug-likeness (QED) is 0.111. The Morgan fingerprint density at radius 3 is 2.06 bits per heavy atom. The molecule has 3 aromatic rings. The molecule has 0 spiro atoms. The fraction of sp³-hybridized carbons (Fsp3) is 0.316. The SMILES string of the molecule is NCCNc1nc(NCCOCCO)nc(Nc2cc(S(=O)(=O)O)cc3cc(S(=O)(=O)O)ccc23)n1. The van der Waals surface area contributed by atoms with Gasteiger partial charge in [-0.25, -0.2) is 0 Å². The molecule has 0 radical (unpaired) electrons. The van der Waals surface area contributed by atoms with E-state index in [9.17, 15) is 25.9 Å². The maximum absolute atomic E-state index is 11.8. The minimum Gasteiger partial charge on any atom is -0.394 e. The molecule has 8 N–H and O–H groups in total. The predicted molar refractivity (Wildman–Crippen MR) is 131 cm³/mol. The number of hydrogen-bond donors (Lipinski definition) is 7. The van der Waals surface area contributed by atoms with Crippen molar-refractivity contribution in [2.75, 3.05) is 55.4 Å². The number of fused-ring (bicyclic) bond motifs is 1. The fourth-order valence-corrected chi connectivity index (χ4v) is 4.09. The molecule has 0 atom stereocenters. The maximum Gasteiger partial charge on any atom is 0.294 e. The van der Waals surface area contributed by atoms with Gasteiger partial charge in [-0.05, 0) is 29.7 Å². The molecule has 0 aliphatic rings. The number of aromatic nitrogens is 3. The van der Waals surface area contributed by atoms with Gasteiger partial charge in [0.05, 0.1) is 35.3 Å². The van der Waals surface area contributed by atoms with Crippen molar-refractivity contribution in [3.8, 4) is 0 Å². The summed E-state index contributed by atoms with van der Waals surface area (Å²) in [6, 6.07) is 5.73. The summed E-state index contributed by atoms with van der Waals surface area (Å²) in [6.07, 6.45) is 0. The third-order valence-corrected chi connectivity index (χ3v) is 6.25. The molecule has 15 nitrogen and oxygen atoms in total. The van der Waals surface area contributed by atoms with E-state index in [0.717, 1.165) is 24.3 Å². The Hall–Kier alpha value is -3.19. The summed E-state index contributed by atoms with van der Waals surface area (Å²) in [6.45, 7) is 1.27. The van der Waals surface area contributed by atoms with Crippen molar-refractivity contribution in [1.29, 1.82) is 0 Å². The number of benzene rings is 2. The number of rotatable bonds is 13. The molecule has 36 heavy (non-hydrogen) atoms. The third-order valence-electron chi connectivity index (χ3n) is 4.57. The highest BCUT2D eigenvalue weighted by Gasteiger charge is 2.18. The first-order valence-electron chi connectivity index (χ1n) is 10.4. The van der Waals surface area contributed by atoms with Crippen molar-refractivity contribution in [2.45, 2.75) is 9.79 Å². The number of nitrogens with zero attached hydrogens (tertiary/aromatic N) is 3. The van der Waals surface area contributed by atoms with E-state index in [4.69, 9.17) is 15.6 Å². The van der Waals surface area contributed by atoms with Crippen LogP contribution in [0.3, 0.4) is 0 Å². The van der Waals surface area contributed by atoms with E-state index < -0.39 is 30.0 Å². The molecule has 0 saturated heterocycles. The molecule has 3 rings (SSSR count). The van der Waals surface area contributed by atoms with Gasteiger partial charge in [-0.2, -0.15) is 31.8 Å². The molecule has 1 aromatic heterocycles. The van der Waals surface area contributed by atoms with E-state index in [-0.39, 0.29) is 48.7 Å². The second kappa shape index (κ2) is 11.7. The van der Waals surface area contributed by atoms with Crippen LogP contribution in [0, 0.1) is 0 Å². The van der Waals surface area contributed by atoms with Crippen molar-refractivity contribution in [2.24, 2.45) is 5.73 Å². The summed E-state index contributed by atoms with van der Waals surface area (Å²) in [7, 11) is -9.25. The lowest BCUT2D eigenvalue weighted by molar-refractivity contribution is 0.0991. The molecule has 0 aliphatic carbocycles. The Balaban J connectivity index is 2.03. The molecular formula is C19H25N7O8S2. The normalized spacial score (nSPS) is 12.0. The molecule has 196 valence electrons. The number of hydrogen-bond acceptors (Lipinski definition) is 13. The number of nitrogens with two attached hydrogens (primary N) is 1. The van der Waals surface area contributed by atoms with Crippen LogP contribution in [-0.2, 0) is 25.0 Å². The molecule has 0 amide bonds. The first-order chi connectivity index (χ1) is 17.0. The molecular weight excluding hydrogens is 518 g/mol. The van der Waals surface area contributed by atoms with Crippen molar-refractivity contribution in [3.05, 3.63) is 30.3 Å². The Morgan fingerprint density at radius 1 is 0.833 bits per heavy atom. The standard InChI is InChI=1S/C19H25N7O8S2/c20-3-4-21-17-24-18(22-5-7-34-8-6-27)26-19(25-17)23-16-11-14(36(31,32)33)10-12-9-13(35(28,29)30)1-2-15(12)16/h1-2,9-11,27H,3-8,20H2,(H,28,29,30)(H,31,32,33)(H3,21,22,23,24,25,26). The maximum atomic E-state index is 11.8. The number of aliphatic hydroxyl groups is 1. The van der Waals surface area contributed by atoms with Gasteiger partial charge in [0.15, 0.2) is 0 Å². The Labute approximate surface area is 206 Å². The van der Waals surface area contributed by atoms with Gasteiger partial charge in [-0.3, -0.25) is 9.11 Å². The highest BCUT2D eigenvalue weighted by atomic mass is 32.2. The van der Waals surface area contributed by atoms with Gasteiger partial charge in [-0.15, -0.1) is 0 Å². The van der Waals surface area contributed by atoms with Crippen molar-refractivity contribution < 1.29 is 35.8 Å². The van der Waals surface area contributed by atoms with Crippen molar-refractivity contribution in [3.63, 3.8) is 0 Å². The highest BCUT2D eigenvalue weighted by Crippen LogP contribution is 2.31. The first kappa shape index (κ1) is 27.4. The van der Waals surface area contributed by atoms with Gasteiger partial charge in [0.1, 0.15) is 0 Å². The van der Waals surface area contributed by atoms with Crippen LogP contribution in [0.5, 0.6) is 0 Å². The summed E-state index contributed by atoms with van der Waals surface area (Å²) < 4.78 is 70.9. The Bertz CT molecular complexity index is 1430. The largest absolute Gasteiger partial charge is 0.394 e. The molecule has 1 heterocycles. The lowest BCUT2D eigenvalue weighted by Gasteiger charge is -2.14. The summed E-state index contributed by atoms with van der Waals surface area (Å²) >= 11 is 0. The smallest absolute Gasteiger partial charge is 0.294 e. The van der Waals surface area contributed by atoms with E-state index in [1.807, 2.05) is 0 Å². The second-order valence-electron chi connectivity index (χ2n) is 7.21. The van der Waals surface area contributed by atoms with E-state index in [1.54, 1.807) is 0 Å². The van der Waals surface area contributed by atoms with Crippen LogP contribution in [0.25, 0.3) is 10.8 Å². The number of ether oxygens (including phenoxy) is 1. The molecule has 2 aromatic carbocycles. The van der Waals surface area contributed by atoms with Gasteiger partial charge in [-0.1, -0.05) is 6.07 Å². The summed E-state index contributed by atoms with van der Waals surface area (Å²) in [5, 5.41) is 17.9. The summed E-state index contributed by atoms with van der Waals surface area (Å²) in [5.74, 6) is 0.278. The van der Waals surface area contributed by atoms with Crippen LogP contribution in [0.15, 0.2) is 40.1 Å². The fourth-order valence-electron chi connectivity index (χ4n) is 3.03. The zero-order chi connectivity index (χ0) is 26.3. The number of nitrogens with one attached hydrogen (secondary N) is 3. The van der Waals surface area contributed by atoms with Crippen LogP contribution in [0.2, 0.25) is 0 Å². The van der Waals surface area contributed by atoms with Gasteiger partial charge in [0.2, 0.25) is 17.8 Å². The monoisotopic (exact) mass is 543 g/mol. The Kier molecular flexibility index (Phi) is 8.90. The molecule has 0 fully saturated rings. The zero-order valence-electron chi connectivity index (χ0n) is 18.7. The minimum atomic E-state index is -4.68. The lowest BCUT2D eigenvalue weighted by atomic mass is 10.1. The van der Waals surface area contributed by atoms with Crippen LogP contribution in [0.4, 0.5) is 23.5 Å². The van der Waals surface area contributed by atoms with Gasteiger partial charge >= 0.3 is 0 Å². The highest BCUT2D eigenvalue weighted by molar-refractivity contribution is 7.86. The molecule has 0 saturated carbocycles. The van der Waals surface area contributed by atoms with Crippen molar-refractivity contribution in [1.82, 2.24) is 15.0 Å². The van der Waals surface area contributed by atoms with Gasteiger partial charge in [0, 0.05) is 25.0 Å². The summed E-state index contributed by atoms with van der Waals surface area (Å²) in [4.78, 5) is 11.7. The van der Waals surface area contributed by atoms with E-state index in [1.165, 1.54) is 6.07 Å². The molecule has 0 bridgehead atoms. The van der Waals surface area contributed by atoms with Crippen LogP contribution < -0.4 is 21.7 Å². The Morgan fingerprint density at radius 2 is 1.44 bits per heavy atom. The van der Waals surface area contributed by atoms with Gasteiger partial charge in [0.25, 0.3) is 20.2 Å². The van der Waals surface area contributed by atoms with Crippen LogP contribution >= 0.6 is 0 Å². The number of anilines is 4. The van der Waals surface area contributed by atoms with Gasteiger partial charge < -0.3 is 31.5 Å². The number of aliphatic hydroxyl groups excluding tert-OH is 1. The first-order valence-corrected chi connectivity index (χ1v) is 13.3. The topological polar surface area (TPSA) is 239 Å². The molecule has 0 aliphatic heterocycles. The average molecular weight is 544 g/mol. The zero-order valence-corrected chi connectivity index (χ0v) is 20.4. The average Bonchev–Trinajstić information content (AvgIpc) is 2.81.